The van der Waals surface area contributed by atoms with Crippen molar-refractivity contribution in [3.8, 4) is 0 Å². The minimum atomic E-state index is -0.280. The minimum absolute atomic E-state index is 0.280. The molecule has 2 nitrogen and oxygen atoms in total. The van der Waals surface area contributed by atoms with Crippen molar-refractivity contribution in [3.63, 3.8) is 0 Å². The maximum absolute atomic E-state index is 11.2. The van der Waals surface area contributed by atoms with E-state index in [2.05, 4.69) is 0 Å². The summed E-state index contributed by atoms with van der Waals surface area (Å²) >= 11 is 5.56. The van der Waals surface area contributed by atoms with Crippen LogP contribution in [-0.2, 0) is 0 Å². The van der Waals surface area contributed by atoms with Gasteiger partial charge in [0.05, 0.1) is 0 Å². The average Bonchev–Trinajstić information content (AvgIpc) is 2.08. The third kappa shape index (κ3) is 3.49. The fourth-order valence-electron chi connectivity index (χ4n) is 2.27. The number of hydrogen-bond donors (Lipinski definition) is 0. The summed E-state index contributed by atoms with van der Waals surface area (Å²) < 4.78 is 0. The first-order valence-corrected chi connectivity index (χ1v) is 6.09. The molecular formula is C11H20ClNO. The van der Waals surface area contributed by atoms with Crippen LogP contribution in [0.25, 0.3) is 0 Å². The highest BCUT2D eigenvalue weighted by molar-refractivity contribution is 6.62. The molecule has 0 aromatic carbocycles. The van der Waals surface area contributed by atoms with Gasteiger partial charge >= 0.3 is 5.37 Å². The lowest BCUT2D eigenvalue weighted by atomic mass is 9.96. The Kier molecular flexibility index (Phi) is 5.31. The van der Waals surface area contributed by atoms with Crippen molar-refractivity contribution < 1.29 is 4.79 Å². The fraction of sp³-hybridized carbons (Fsp3) is 0.909. The zero-order chi connectivity index (χ0) is 10.4. The van der Waals surface area contributed by atoms with Gasteiger partial charge in [0.15, 0.2) is 0 Å². The Labute approximate surface area is 91.6 Å². The van der Waals surface area contributed by atoms with Crippen LogP contribution in [0.3, 0.4) is 0 Å². The predicted molar refractivity (Wildman–Crippen MR) is 59.7 cm³/mol. The fourth-order valence-corrected chi connectivity index (χ4v) is 2.53. The van der Waals surface area contributed by atoms with Crippen molar-refractivity contribution in [3.05, 3.63) is 0 Å². The highest BCUT2D eigenvalue weighted by atomic mass is 35.5. The van der Waals surface area contributed by atoms with Crippen LogP contribution in [-0.4, -0.2) is 22.9 Å². The maximum atomic E-state index is 11.2. The van der Waals surface area contributed by atoms with Crippen molar-refractivity contribution in [2.24, 2.45) is 0 Å². The second-order valence-corrected chi connectivity index (χ2v) is 4.36. The third-order valence-corrected chi connectivity index (χ3v) is 3.30. The van der Waals surface area contributed by atoms with E-state index in [1.807, 2.05) is 11.8 Å². The molecule has 3 heteroatoms. The van der Waals surface area contributed by atoms with Crippen molar-refractivity contribution in [1.82, 2.24) is 4.90 Å². The van der Waals surface area contributed by atoms with Crippen molar-refractivity contribution in [2.45, 2.75) is 57.9 Å². The van der Waals surface area contributed by atoms with E-state index in [9.17, 15) is 4.79 Å². The van der Waals surface area contributed by atoms with E-state index in [1.54, 1.807) is 0 Å². The van der Waals surface area contributed by atoms with Gasteiger partial charge in [-0.2, -0.15) is 0 Å². The average molecular weight is 218 g/mol. The molecule has 82 valence electrons. The molecule has 0 saturated heterocycles. The lowest BCUT2D eigenvalue weighted by Crippen LogP contribution is -2.37. The first-order valence-electron chi connectivity index (χ1n) is 5.71. The molecule has 1 aliphatic rings. The van der Waals surface area contributed by atoms with Crippen LogP contribution in [0.4, 0.5) is 4.79 Å². The molecule has 0 atom stereocenters. The number of rotatable bonds is 2. The van der Waals surface area contributed by atoms with E-state index in [0.717, 1.165) is 19.4 Å². The molecule has 1 aliphatic carbocycles. The SMILES string of the molecule is CCN(C(=O)Cl)C1CCCCCCC1. The highest BCUT2D eigenvalue weighted by Crippen LogP contribution is 2.22. The van der Waals surface area contributed by atoms with Crippen LogP contribution in [0.1, 0.15) is 51.9 Å². The summed E-state index contributed by atoms with van der Waals surface area (Å²) in [7, 11) is 0. The van der Waals surface area contributed by atoms with Gasteiger partial charge < -0.3 is 4.90 Å². The van der Waals surface area contributed by atoms with Crippen LogP contribution in [0, 0.1) is 0 Å². The molecule has 0 N–H and O–H groups in total. The molecule has 0 aromatic heterocycles. The first-order chi connectivity index (χ1) is 6.75. The normalized spacial score (nSPS) is 19.9. The Morgan fingerprint density at radius 2 is 1.71 bits per heavy atom. The summed E-state index contributed by atoms with van der Waals surface area (Å²) in [4.78, 5) is 13.0. The molecule has 0 aliphatic heterocycles. The number of amides is 1. The summed E-state index contributed by atoms with van der Waals surface area (Å²) in [5, 5.41) is -0.280. The number of halogens is 1. The molecule has 0 radical (unpaired) electrons. The molecular weight excluding hydrogens is 198 g/mol. The van der Waals surface area contributed by atoms with Crippen molar-refractivity contribution in [1.29, 1.82) is 0 Å². The number of carbonyl (C=O) groups is 1. The minimum Gasteiger partial charge on any atom is -0.327 e. The summed E-state index contributed by atoms with van der Waals surface area (Å²) in [6.45, 7) is 2.74. The van der Waals surface area contributed by atoms with Gasteiger partial charge in [-0.05, 0) is 31.4 Å². The number of carbonyl (C=O) groups excluding carboxylic acids is 1. The molecule has 0 unspecified atom stereocenters. The first kappa shape index (κ1) is 11.8. The van der Waals surface area contributed by atoms with Crippen LogP contribution in [0.5, 0.6) is 0 Å². The smallest absolute Gasteiger partial charge is 0.316 e. The van der Waals surface area contributed by atoms with Crippen LogP contribution >= 0.6 is 11.6 Å². The van der Waals surface area contributed by atoms with Gasteiger partial charge in [0.25, 0.3) is 0 Å². The molecule has 0 heterocycles. The van der Waals surface area contributed by atoms with Crippen LogP contribution < -0.4 is 0 Å². The quantitative estimate of drug-likeness (QED) is 0.509. The highest BCUT2D eigenvalue weighted by Gasteiger charge is 2.20. The van der Waals surface area contributed by atoms with E-state index in [1.165, 1.54) is 32.1 Å². The Hall–Kier alpha value is -0.240. The zero-order valence-corrected chi connectivity index (χ0v) is 9.72. The molecule has 1 saturated carbocycles. The van der Waals surface area contributed by atoms with E-state index in [0.29, 0.717) is 6.04 Å². The van der Waals surface area contributed by atoms with E-state index < -0.39 is 0 Å². The van der Waals surface area contributed by atoms with Crippen molar-refractivity contribution in [2.75, 3.05) is 6.54 Å². The third-order valence-electron chi connectivity index (χ3n) is 3.08. The van der Waals surface area contributed by atoms with Gasteiger partial charge in [0.2, 0.25) is 0 Å². The molecule has 1 amide bonds. The Morgan fingerprint density at radius 1 is 1.21 bits per heavy atom. The van der Waals surface area contributed by atoms with Gasteiger partial charge in [-0.25, -0.2) is 0 Å². The van der Waals surface area contributed by atoms with E-state index in [4.69, 9.17) is 11.6 Å². The summed E-state index contributed by atoms with van der Waals surface area (Å²) in [6, 6.07) is 0.394. The van der Waals surface area contributed by atoms with Gasteiger partial charge in [-0.15, -0.1) is 0 Å². The number of nitrogens with zero attached hydrogens (tertiary/aromatic N) is 1. The van der Waals surface area contributed by atoms with E-state index >= 15 is 0 Å². The number of hydrogen-bond acceptors (Lipinski definition) is 1. The van der Waals surface area contributed by atoms with Crippen LogP contribution in [0.15, 0.2) is 0 Å². The monoisotopic (exact) mass is 217 g/mol. The molecule has 14 heavy (non-hydrogen) atoms. The second-order valence-electron chi connectivity index (χ2n) is 4.04. The maximum Gasteiger partial charge on any atom is 0.316 e. The van der Waals surface area contributed by atoms with Gasteiger partial charge in [0.1, 0.15) is 0 Å². The zero-order valence-electron chi connectivity index (χ0n) is 8.97. The van der Waals surface area contributed by atoms with Gasteiger partial charge in [-0.1, -0.05) is 32.1 Å². The van der Waals surface area contributed by atoms with Crippen LogP contribution in [0.2, 0.25) is 0 Å². The molecule has 0 bridgehead atoms. The summed E-state index contributed by atoms with van der Waals surface area (Å²) in [6.07, 6.45) is 8.72. The summed E-state index contributed by atoms with van der Waals surface area (Å²) in [5.74, 6) is 0. The lowest BCUT2D eigenvalue weighted by Gasteiger charge is -2.30. The summed E-state index contributed by atoms with van der Waals surface area (Å²) in [5.41, 5.74) is 0. The molecule has 1 fully saturated rings. The Morgan fingerprint density at radius 3 is 2.14 bits per heavy atom. The Balaban J connectivity index is 2.48. The lowest BCUT2D eigenvalue weighted by molar-refractivity contribution is 0.186. The molecule has 0 spiro atoms. The van der Waals surface area contributed by atoms with Gasteiger partial charge in [0, 0.05) is 12.6 Å². The van der Waals surface area contributed by atoms with E-state index in [-0.39, 0.29) is 5.37 Å². The predicted octanol–water partition coefficient (Wildman–Crippen LogP) is 3.78. The van der Waals surface area contributed by atoms with Crippen molar-refractivity contribution >= 4 is 17.0 Å². The largest absolute Gasteiger partial charge is 0.327 e. The Bertz CT molecular complexity index is 176. The topological polar surface area (TPSA) is 20.3 Å². The molecule has 1 rings (SSSR count). The van der Waals surface area contributed by atoms with Gasteiger partial charge in [-0.3, -0.25) is 4.79 Å². The molecule has 0 aromatic rings. The second kappa shape index (κ2) is 6.28. The standard InChI is InChI=1S/C11H20ClNO/c1-2-13(11(12)14)10-8-6-4-3-5-7-9-10/h10H,2-9H2,1H3.